The van der Waals surface area contributed by atoms with E-state index in [4.69, 9.17) is 16.3 Å². The number of amides is 2. The number of nitrogen functional groups attached to an aromatic ring is 1. The molecule has 17 nitrogen and oxygen atoms in total. The number of carboxylic acid groups (broad SMARTS) is 2. The van der Waals surface area contributed by atoms with Crippen molar-refractivity contribution in [3.63, 3.8) is 0 Å². The lowest BCUT2D eigenvalue weighted by Gasteiger charge is -2.50. The average Bonchev–Trinajstić information content (AvgIpc) is 3.54. The number of aliphatic carboxylic acids is 2. The summed E-state index contributed by atoms with van der Waals surface area (Å²) in [6.07, 6.45) is 3.48. The summed E-state index contributed by atoms with van der Waals surface area (Å²) in [4.78, 5) is 60.4. The van der Waals surface area contributed by atoms with Gasteiger partial charge in [0.15, 0.2) is 17.5 Å². The molecule has 19 heteroatoms. The molecule has 0 radical (unpaired) electrons. The van der Waals surface area contributed by atoms with Crippen molar-refractivity contribution in [2.75, 3.05) is 29.9 Å². The molecule has 0 saturated carbocycles. The van der Waals surface area contributed by atoms with E-state index in [1.165, 1.54) is 25.6 Å². The van der Waals surface area contributed by atoms with Gasteiger partial charge in [0.2, 0.25) is 23.3 Å². The maximum Gasteiger partial charge on any atom is 0.350 e. The molecule has 43 heavy (non-hydrogen) atoms. The van der Waals surface area contributed by atoms with Gasteiger partial charge >= 0.3 is 5.97 Å². The van der Waals surface area contributed by atoms with E-state index in [2.05, 4.69) is 25.1 Å². The molecular formula is C24H30N10O7S2. The number of carboxylic acids is 2. The van der Waals surface area contributed by atoms with Gasteiger partial charge in [-0.05, 0) is 33.2 Å². The number of nitrogens with two attached hydrogens (primary N) is 2. The monoisotopic (exact) mass is 634 g/mol. The number of anilines is 2. The van der Waals surface area contributed by atoms with Gasteiger partial charge in [0.05, 0.1) is 23.8 Å². The van der Waals surface area contributed by atoms with E-state index < -0.39 is 46.5 Å². The molecule has 0 aliphatic carbocycles. The summed E-state index contributed by atoms with van der Waals surface area (Å²) >= 11 is 2.06. The number of aromatic nitrogens is 4. The fourth-order valence-corrected chi connectivity index (χ4v) is 6.64. The molecule has 2 aromatic rings. The fraction of sp³-hybridized carbons (Fsp3) is 0.500. The van der Waals surface area contributed by atoms with Crippen LogP contribution >= 0.6 is 23.3 Å². The van der Waals surface area contributed by atoms with Crippen LogP contribution in [0.15, 0.2) is 22.6 Å². The van der Waals surface area contributed by atoms with Gasteiger partial charge in [-0.2, -0.15) is 9.36 Å². The van der Waals surface area contributed by atoms with Gasteiger partial charge in [0.1, 0.15) is 11.4 Å². The highest BCUT2D eigenvalue weighted by molar-refractivity contribution is 8.00. The van der Waals surface area contributed by atoms with Crippen molar-refractivity contribution in [2.24, 2.45) is 10.9 Å². The van der Waals surface area contributed by atoms with E-state index in [-0.39, 0.29) is 29.0 Å². The van der Waals surface area contributed by atoms with Crippen molar-refractivity contribution in [1.29, 1.82) is 0 Å². The number of β-lactam (4-membered cyclic amide) rings is 1. The lowest BCUT2D eigenvalue weighted by atomic mass is 10.0. The van der Waals surface area contributed by atoms with Crippen LogP contribution in [0.5, 0.6) is 0 Å². The van der Waals surface area contributed by atoms with Crippen molar-refractivity contribution in [3.8, 4) is 0 Å². The van der Waals surface area contributed by atoms with Crippen LogP contribution in [0.25, 0.3) is 0 Å². The van der Waals surface area contributed by atoms with Crippen LogP contribution in [0.1, 0.15) is 31.7 Å². The molecule has 0 unspecified atom stereocenters. The van der Waals surface area contributed by atoms with Gasteiger partial charge in [-0.15, -0.1) is 21.1 Å². The normalized spacial score (nSPS) is 20.1. The van der Waals surface area contributed by atoms with E-state index >= 15 is 0 Å². The van der Waals surface area contributed by atoms with E-state index in [1.54, 1.807) is 0 Å². The van der Waals surface area contributed by atoms with Crippen LogP contribution in [0.4, 0.5) is 10.9 Å². The van der Waals surface area contributed by atoms with E-state index in [0.29, 0.717) is 18.5 Å². The molecule has 2 atom stereocenters. The smallest absolute Gasteiger partial charge is 0.350 e. The second kappa shape index (κ2) is 11.8. The number of carbonyl (C=O) groups excluding carboxylic acids is 3. The quantitative estimate of drug-likeness (QED) is 0.0727. The third-order valence-electron chi connectivity index (χ3n) is 7.06. The van der Waals surface area contributed by atoms with Crippen LogP contribution in [-0.2, 0) is 43.5 Å². The lowest BCUT2D eigenvalue weighted by molar-refractivity contribution is -0.768. The molecule has 5 heterocycles. The third kappa shape index (κ3) is 5.74. The second-order valence-corrected chi connectivity index (χ2v) is 12.3. The van der Waals surface area contributed by atoms with Gasteiger partial charge in [-0.3, -0.25) is 14.5 Å². The zero-order valence-corrected chi connectivity index (χ0v) is 24.9. The number of hydrogen-bond donors (Lipinski definition) is 5. The molecule has 0 bridgehead atoms. The molecule has 1 saturated heterocycles. The fourth-order valence-electron chi connectivity index (χ4n) is 4.87. The Bertz CT molecular complexity index is 1550. The van der Waals surface area contributed by atoms with E-state index in [9.17, 15) is 29.4 Å². The predicted molar refractivity (Wildman–Crippen MR) is 151 cm³/mol. The molecule has 1 fully saturated rings. The number of nitrogens with zero attached hydrogens (tertiary/aromatic N) is 6. The van der Waals surface area contributed by atoms with Gasteiger partial charge in [-0.1, -0.05) is 5.16 Å². The molecule has 2 aromatic heterocycles. The largest absolute Gasteiger partial charge is 0.543 e. The maximum atomic E-state index is 13.3. The molecule has 0 aromatic carbocycles. The first-order valence-corrected chi connectivity index (χ1v) is 15.1. The van der Waals surface area contributed by atoms with Crippen LogP contribution in [0, 0.1) is 0 Å². The molecular weight excluding hydrogens is 604 g/mol. The minimum atomic E-state index is -1.79. The second-order valence-electron chi connectivity index (χ2n) is 10.4. The molecule has 3 aliphatic heterocycles. The van der Waals surface area contributed by atoms with Gasteiger partial charge in [-0.25, -0.2) is 4.79 Å². The Kier molecular flexibility index (Phi) is 8.30. The minimum Gasteiger partial charge on any atom is -0.543 e. The van der Waals surface area contributed by atoms with Crippen LogP contribution in [0.3, 0.4) is 0 Å². The summed E-state index contributed by atoms with van der Waals surface area (Å²) in [6.45, 7) is 4.69. The van der Waals surface area contributed by atoms with Gasteiger partial charge < -0.3 is 41.9 Å². The summed E-state index contributed by atoms with van der Waals surface area (Å²) in [5.41, 5.74) is 10.4. The number of carbonyl (C=O) groups is 4. The number of thioether (sulfide) groups is 1. The average molecular weight is 635 g/mol. The van der Waals surface area contributed by atoms with Crippen LogP contribution in [0.2, 0.25) is 0 Å². The van der Waals surface area contributed by atoms with Crippen molar-refractivity contribution in [2.45, 2.75) is 56.8 Å². The topological polar surface area (TPSA) is 247 Å². The number of rotatable bonds is 11. The Hall–Kier alpha value is -4.23. The minimum absolute atomic E-state index is 0.0195. The highest BCUT2D eigenvalue weighted by Gasteiger charge is 2.53. The number of nitrogens with one attached hydrogen (secondary N) is 2. The molecule has 3 aliphatic rings. The van der Waals surface area contributed by atoms with Crippen molar-refractivity contribution in [3.05, 3.63) is 28.9 Å². The van der Waals surface area contributed by atoms with Crippen LogP contribution < -0.4 is 31.9 Å². The Morgan fingerprint density at radius 2 is 2.16 bits per heavy atom. The first kappa shape index (κ1) is 30.2. The first-order chi connectivity index (χ1) is 20.4. The highest BCUT2D eigenvalue weighted by atomic mass is 32.2. The maximum absolute atomic E-state index is 13.3. The van der Waals surface area contributed by atoms with Gasteiger partial charge in [0.25, 0.3) is 11.8 Å². The molecule has 0 spiro atoms. The number of fused-ring (bicyclic) bond motifs is 2. The zero-order chi connectivity index (χ0) is 31.1. The third-order valence-corrected chi connectivity index (χ3v) is 8.94. The summed E-state index contributed by atoms with van der Waals surface area (Å²) < 4.78 is 7.90. The zero-order valence-electron chi connectivity index (χ0n) is 23.2. The number of oxime groups is 1. The Balaban J connectivity index is 1.37. The standard InChI is InChI=1S/C24H30N10O7S2/c1-24(2,22(39)40)41-30-13(16-29-23(26)43-31-16)18(35)28-14-19(36)34-15(21(37)38)12(10-42-20(14)34)9-32-8-11(4-5-25)17-27-6-3-7-33(17)32/h8,14,20H,3-7,9-10,25H2,1-2H3,(H5,26,28,29,31,35,37,38,39,40)/b30-13-/t14-,20-/m1/s1. The summed E-state index contributed by atoms with van der Waals surface area (Å²) in [6, 6.07) is -1.11. The predicted octanol–water partition coefficient (Wildman–Crippen LogP) is -2.79. The summed E-state index contributed by atoms with van der Waals surface area (Å²) in [5, 5.41) is 30.5. The van der Waals surface area contributed by atoms with Crippen molar-refractivity contribution >= 4 is 63.7 Å². The SMILES string of the molecule is CC(C)(O/N=C(\C(=O)N[C@@H]1C(=O)N2C(C(=O)[O-])=C(C[n+]3cc(CCN)c4n3CCCN4)CS[C@H]12)c1nsc(N)n1)C(=O)O. The molecule has 2 amide bonds. The van der Waals surface area contributed by atoms with Crippen molar-refractivity contribution in [1.82, 2.24) is 24.3 Å². The highest BCUT2D eigenvalue weighted by Crippen LogP contribution is 2.40. The van der Waals surface area contributed by atoms with Gasteiger partial charge in [0, 0.05) is 29.4 Å². The molecule has 230 valence electrons. The summed E-state index contributed by atoms with van der Waals surface area (Å²) in [7, 11) is 0. The van der Waals surface area contributed by atoms with E-state index in [1.807, 2.05) is 15.6 Å². The Morgan fingerprint density at radius 1 is 1.40 bits per heavy atom. The molecule has 5 rings (SSSR count). The molecule has 7 N–H and O–H groups in total. The Morgan fingerprint density at radius 3 is 2.81 bits per heavy atom. The number of hydrogen-bond acceptors (Lipinski definition) is 14. The lowest BCUT2D eigenvalue weighted by Crippen LogP contribution is -2.71. The van der Waals surface area contributed by atoms with Crippen molar-refractivity contribution < 1.29 is 38.9 Å². The van der Waals surface area contributed by atoms with E-state index in [0.717, 1.165) is 47.3 Å². The summed E-state index contributed by atoms with van der Waals surface area (Å²) in [5.74, 6) is -3.45. The Labute approximate surface area is 253 Å². The first-order valence-electron chi connectivity index (χ1n) is 13.3. The van der Waals surface area contributed by atoms with Crippen LogP contribution in [-0.4, -0.2) is 89.4 Å².